The number of rotatable bonds is 5. The fraction of sp³-hybridized carbons (Fsp3) is 0.750. The highest BCUT2D eigenvalue weighted by atomic mass is 19.4. The van der Waals surface area contributed by atoms with Crippen molar-refractivity contribution in [1.29, 1.82) is 0 Å². The Labute approximate surface area is 94.8 Å². The van der Waals surface area contributed by atoms with Crippen LogP contribution in [-0.4, -0.2) is 47.1 Å². The number of aliphatic hydroxyl groups excluding tert-OH is 1. The third kappa shape index (κ3) is 8.31. The van der Waals surface area contributed by atoms with Gasteiger partial charge in [0.15, 0.2) is 6.10 Å². The highest BCUT2D eigenvalue weighted by molar-refractivity contribution is 5.76. The van der Waals surface area contributed by atoms with Gasteiger partial charge in [-0.1, -0.05) is 0 Å². The van der Waals surface area contributed by atoms with Gasteiger partial charge in [0.25, 0.3) is 0 Å². The normalized spacial score (nSPS) is 14.9. The summed E-state index contributed by atoms with van der Waals surface area (Å²) < 4.78 is 35.7. The fourth-order valence-electron chi connectivity index (χ4n) is 0.950. The van der Waals surface area contributed by atoms with E-state index in [-0.39, 0.29) is 0 Å². The van der Waals surface area contributed by atoms with Crippen molar-refractivity contribution in [2.45, 2.75) is 31.7 Å². The van der Waals surface area contributed by atoms with E-state index in [0.29, 0.717) is 0 Å². The lowest BCUT2D eigenvalue weighted by Crippen LogP contribution is -2.46. The molecule has 0 aromatic carbocycles. The smallest absolute Gasteiger partial charge is 0.391 e. The van der Waals surface area contributed by atoms with Gasteiger partial charge >= 0.3 is 18.2 Å². The van der Waals surface area contributed by atoms with Crippen LogP contribution >= 0.6 is 0 Å². The van der Waals surface area contributed by atoms with E-state index in [2.05, 4.69) is 0 Å². The maximum atomic E-state index is 11.9. The average Bonchev–Trinajstić information content (AvgIpc) is 2.10. The van der Waals surface area contributed by atoms with Crippen molar-refractivity contribution >= 4 is 12.0 Å². The van der Waals surface area contributed by atoms with Crippen LogP contribution in [0, 0.1) is 0 Å². The van der Waals surface area contributed by atoms with Crippen LogP contribution in [0.15, 0.2) is 0 Å². The molecule has 0 aromatic heterocycles. The number of carboxylic acids is 1. The number of urea groups is 1. The Morgan fingerprint density at radius 3 is 2.29 bits per heavy atom. The van der Waals surface area contributed by atoms with E-state index in [1.807, 2.05) is 10.6 Å². The van der Waals surface area contributed by atoms with E-state index in [9.17, 15) is 22.8 Å². The van der Waals surface area contributed by atoms with Crippen molar-refractivity contribution in [3.63, 3.8) is 0 Å². The quantitative estimate of drug-likeness (QED) is 0.561. The maximum Gasteiger partial charge on any atom is 0.391 e. The second-order valence-electron chi connectivity index (χ2n) is 3.43. The largest absolute Gasteiger partial charge is 0.479 e. The van der Waals surface area contributed by atoms with Crippen LogP contribution in [-0.2, 0) is 4.79 Å². The zero-order valence-corrected chi connectivity index (χ0v) is 8.91. The molecule has 100 valence electrons. The molecule has 4 N–H and O–H groups in total. The first-order valence-electron chi connectivity index (χ1n) is 4.64. The molecule has 6 nitrogen and oxygen atoms in total. The lowest BCUT2D eigenvalue weighted by Gasteiger charge is -2.16. The summed E-state index contributed by atoms with van der Waals surface area (Å²) in [4.78, 5) is 21.1. The van der Waals surface area contributed by atoms with Gasteiger partial charge in [-0.15, -0.1) is 0 Å². The first-order chi connectivity index (χ1) is 7.61. The summed E-state index contributed by atoms with van der Waals surface area (Å²) in [5.74, 6) is -1.53. The lowest BCUT2D eigenvalue weighted by molar-refractivity contribution is -0.146. The van der Waals surface area contributed by atoms with Gasteiger partial charge in [0.1, 0.15) is 0 Å². The second-order valence-corrected chi connectivity index (χ2v) is 3.43. The minimum Gasteiger partial charge on any atom is -0.479 e. The molecule has 0 radical (unpaired) electrons. The third-order valence-electron chi connectivity index (χ3n) is 1.66. The fourth-order valence-corrected chi connectivity index (χ4v) is 0.950. The predicted molar refractivity (Wildman–Crippen MR) is 50.3 cm³/mol. The van der Waals surface area contributed by atoms with Gasteiger partial charge in [-0.2, -0.15) is 13.2 Å². The zero-order chi connectivity index (χ0) is 13.6. The van der Waals surface area contributed by atoms with E-state index >= 15 is 0 Å². The Bertz CT molecular complexity index is 282. The molecule has 0 aliphatic rings. The highest BCUT2D eigenvalue weighted by Gasteiger charge is 2.30. The molecule has 0 aromatic rings. The van der Waals surface area contributed by atoms with Gasteiger partial charge in [-0.3, -0.25) is 0 Å². The Kier molecular flexibility index (Phi) is 5.72. The number of carbonyl (C=O) groups is 2. The van der Waals surface area contributed by atoms with Gasteiger partial charge in [0.2, 0.25) is 0 Å². The molecule has 0 aliphatic carbocycles. The molecular formula is C8H13F3N2O4. The number of carbonyl (C=O) groups excluding carboxylic acids is 1. The number of nitrogens with one attached hydrogen (secondary N) is 2. The molecule has 2 unspecified atom stereocenters. The number of halogens is 3. The van der Waals surface area contributed by atoms with Crippen LogP contribution in [0.5, 0.6) is 0 Å². The summed E-state index contributed by atoms with van der Waals surface area (Å²) in [5.41, 5.74) is 0. The summed E-state index contributed by atoms with van der Waals surface area (Å²) in [6, 6.07) is -2.11. The van der Waals surface area contributed by atoms with E-state index in [0.717, 1.165) is 6.92 Å². The van der Waals surface area contributed by atoms with Crippen LogP contribution in [0.4, 0.5) is 18.0 Å². The maximum absolute atomic E-state index is 11.9. The zero-order valence-electron chi connectivity index (χ0n) is 8.91. The number of amides is 2. The van der Waals surface area contributed by atoms with Crippen LogP contribution in [0.2, 0.25) is 0 Å². The molecule has 0 spiro atoms. The first kappa shape index (κ1) is 15.5. The molecule has 0 rings (SSSR count). The Hall–Kier alpha value is -1.51. The third-order valence-corrected chi connectivity index (χ3v) is 1.66. The molecule has 0 saturated carbocycles. The Morgan fingerprint density at radius 1 is 1.35 bits per heavy atom. The van der Waals surface area contributed by atoms with Gasteiger partial charge in [-0.05, 0) is 6.92 Å². The standard InChI is InChI=1S/C8H13F3N2O4/c1-4(2-8(9,10)11)13-7(17)12-3-5(14)6(15)16/h4-5,14H,2-3H2,1H3,(H,15,16)(H2,12,13,17). The monoisotopic (exact) mass is 258 g/mol. The average molecular weight is 258 g/mol. The van der Waals surface area contributed by atoms with Gasteiger partial charge in [0, 0.05) is 6.04 Å². The highest BCUT2D eigenvalue weighted by Crippen LogP contribution is 2.21. The second kappa shape index (κ2) is 6.28. The SMILES string of the molecule is CC(CC(F)(F)F)NC(=O)NCC(O)C(=O)O. The number of aliphatic hydroxyl groups is 1. The van der Waals surface area contributed by atoms with Crippen molar-refractivity contribution in [3.05, 3.63) is 0 Å². The summed E-state index contributed by atoms with van der Waals surface area (Å²) in [5, 5.41) is 20.9. The molecule has 0 heterocycles. The molecular weight excluding hydrogens is 245 g/mol. The number of aliphatic carboxylic acids is 1. The van der Waals surface area contributed by atoms with Crippen molar-refractivity contribution in [1.82, 2.24) is 10.6 Å². The molecule has 0 bridgehead atoms. The van der Waals surface area contributed by atoms with Gasteiger partial charge in [-0.25, -0.2) is 9.59 Å². The summed E-state index contributed by atoms with van der Waals surface area (Å²) in [6.45, 7) is 0.570. The first-order valence-corrected chi connectivity index (χ1v) is 4.64. The molecule has 2 atom stereocenters. The predicted octanol–water partition coefficient (Wildman–Crippen LogP) is 0.0720. The van der Waals surface area contributed by atoms with Crippen LogP contribution in [0.3, 0.4) is 0 Å². The molecule has 0 saturated heterocycles. The molecule has 17 heavy (non-hydrogen) atoms. The minimum atomic E-state index is -4.40. The van der Waals surface area contributed by atoms with Crippen LogP contribution in [0.1, 0.15) is 13.3 Å². The number of alkyl halides is 3. The molecule has 2 amide bonds. The molecule has 0 aliphatic heterocycles. The van der Waals surface area contributed by atoms with E-state index in [4.69, 9.17) is 10.2 Å². The van der Waals surface area contributed by atoms with E-state index < -0.39 is 43.3 Å². The minimum absolute atomic E-state index is 0.583. The van der Waals surface area contributed by atoms with Crippen LogP contribution in [0.25, 0.3) is 0 Å². The lowest BCUT2D eigenvalue weighted by atomic mass is 10.2. The Morgan fingerprint density at radius 2 is 1.88 bits per heavy atom. The molecule has 0 fully saturated rings. The molecule has 9 heteroatoms. The topological polar surface area (TPSA) is 98.7 Å². The van der Waals surface area contributed by atoms with Crippen molar-refractivity contribution in [3.8, 4) is 0 Å². The van der Waals surface area contributed by atoms with E-state index in [1.165, 1.54) is 0 Å². The van der Waals surface area contributed by atoms with Crippen molar-refractivity contribution < 1.29 is 33.0 Å². The van der Waals surface area contributed by atoms with Crippen LogP contribution < -0.4 is 10.6 Å². The van der Waals surface area contributed by atoms with Crippen molar-refractivity contribution in [2.24, 2.45) is 0 Å². The number of hydrogen-bond donors (Lipinski definition) is 4. The van der Waals surface area contributed by atoms with Gasteiger partial charge < -0.3 is 20.8 Å². The number of hydrogen-bond acceptors (Lipinski definition) is 3. The van der Waals surface area contributed by atoms with Gasteiger partial charge in [0.05, 0.1) is 13.0 Å². The number of carboxylic acid groups (broad SMARTS) is 1. The van der Waals surface area contributed by atoms with Crippen molar-refractivity contribution in [2.75, 3.05) is 6.54 Å². The Balaban J connectivity index is 3.90. The summed E-state index contributed by atoms with van der Waals surface area (Å²) in [6.07, 6.45) is -7.38. The van der Waals surface area contributed by atoms with E-state index in [1.54, 1.807) is 0 Å². The summed E-state index contributed by atoms with van der Waals surface area (Å²) >= 11 is 0. The summed E-state index contributed by atoms with van der Waals surface area (Å²) in [7, 11) is 0.